The molecule has 2 heteroatoms. The van der Waals surface area contributed by atoms with Crippen molar-refractivity contribution >= 4 is 5.78 Å². The zero-order valence-corrected chi connectivity index (χ0v) is 17.3. The van der Waals surface area contributed by atoms with Crippen molar-refractivity contribution in [3.63, 3.8) is 0 Å². The number of Topliss-reactive ketones (excluding diaryl/α,β-unsaturated/α-hetero) is 1. The molecule has 0 heterocycles. The van der Waals surface area contributed by atoms with E-state index in [0.29, 0.717) is 29.0 Å². The molecule has 0 unspecified atom stereocenters. The number of carbonyl (C=O) groups excluding carboxylic acids is 1. The van der Waals surface area contributed by atoms with Gasteiger partial charge >= 0.3 is 0 Å². The molecule has 4 rings (SSSR count). The van der Waals surface area contributed by atoms with Crippen molar-refractivity contribution in [1.29, 1.82) is 0 Å². The molecule has 0 aromatic carbocycles. The molecule has 0 aliphatic heterocycles. The maximum Gasteiger partial charge on any atom is 0.133 e. The third-order valence-electron chi connectivity index (χ3n) is 10.4. The first-order valence-corrected chi connectivity index (χ1v) is 11.0. The number of rotatable bonds is 2. The van der Waals surface area contributed by atoms with Gasteiger partial charge in [-0.15, -0.1) is 6.58 Å². The predicted octanol–water partition coefficient (Wildman–Crippen LogP) is 5.40. The molecule has 0 aromatic rings. The number of hydrogen-bond donors (Lipinski definition) is 1. The third kappa shape index (κ3) is 2.17. The molecule has 2 nitrogen and oxygen atoms in total. The summed E-state index contributed by atoms with van der Waals surface area (Å²) in [6, 6.07) is 0. The van der Waals surface area contributed by atoms with E-state index in [2.05, 4.69) is 34.3 Å². The quantitative estimate of drug-likeness (QED) is 0.671. The van der Waals surface area contributed by atoms with Gasteiger partial charge in [0.25, 0.3) is 0 Å². The van der Waals surface area contributed by atoms with Crippen LogP contribution < -0.4 is 0 Å². The van der Waals surface area contributed by atoms with Crippen molar-refractivity contribution in [3.8, 4) is 0 Å². The predicted molar refractivity (Wildman–Crippen MR) is 106 cm³/mol. The van der Waals surface area contributed by atoms with Crippen LogP contribution in [0.1, 0.15) is 79.1 Å². The monoisotopic (exact) mass is 358 g/mol. The molecule has 0 aromatic heterocycles. The van der Waals surface area contributed by atoms with Crippen molar-refractivity contribution in [2.75, 3.05) is 0 Å². The average Bonchev–Trinajstić information content (AvgIpc) is 2.88. The first-order valence-electron chi connectivity index (χ1n) is 11.0. The average molecular weight is 359 g/mol. The summed E-state index contributed by atoms with van der Waals surface area (Å²) in [5.74, 6) is 3.87. The van der Waals surface area contributed by atoms with E-state index in [-0.39, 0.29) is 11.3 Å². The highest BCUT2D eigenvalue weighted by molar-refractivity contribution is 5.80. The van der Waals surface area contributed by atoms with Crippen LogP contribution in [0.25, 0.3) is 0 Å². The summed E-state index contributed by atoms with van der Waals surface area (Å²) in [6.07, 6.45) is 10.5. The molecule has 9 atom stereocenters. The molecule has 0 amide bonds. The number of carbonyl (C=O) groups is 1. The van der Waals surface area contributed by atoms with Gasteiger partial charge < -0.3 is 5.11 Å². The highest BCUT2D eigenvalue weighted by Crippen LogP contribution is 2.69. The van der Waals surface area contributed by atoms with Crippen LogP contribution >= 0.6 is 0 Å². The van der Waals surface area contributed by atoms with Gasteiger partial charge in [0.05, 0.1) is 5.60 Å². The Balaban J connectivity index is 1.67. The fraction of sp³-hybridized carbons (Fsp3) is 0.875. The van der Waals surface area contributed by atoms with E-state index in [1.54, 1.807) is 0 Å². The minimum atomic E-state index is -0.587. The summed E-state index contributed by atoms with van der Waals surface area (Å²) in [4.78, 5) is 12.2. The van der Waals surface area contributed by atoms with Crippen LogP contribution in [0, 0.1) is 46.3 Å². The summed E-state index contributed by atoms with van der Waals surface area (Å²) in [5, 5.41) is 11.7. The highest BCUT2D eigenvalue weighted by atomic mass is 16.3. The zero-order valence-electron chi connectivity index (χ0n) is 17.3. The van der Waals surface area contributed by atoms with E-state index in [1.807, 2.05) is 6.08 Å². The van der Waals surface area contributed by atoms with Crippen molar-refractivity contribution in [2.45, 2.75) is 84.7 Å². The van der Waals surface area contributed by atoms with Gasteiger partial charge in [0.1, 0.15) is 5.78 Å². The fourth-order valence-electron chi connectivity index (χ4n) is 8.47. The molecule has 4 saturated carbocycles. The number of hydrogen-bond acceptors (Lipinski definition) is 2. The molecule has 146 valence electrons. The van der Waals surface area contributed by atoms with Crippen LogP contribution in [0.5, 0.6) is 0 Å². The number of fused-ring (bicyclic) bond motifs is 5. The van der Waals surface area contributed by atoms with Crippen LogP contribution in [0.15, 0.2) is 12.7 Å². The van der Waals surface area contributed by atoms with Crippen molar-refractivity contribution in [1.82, 2.24) is 0 Å². The Hall–Kier alpha value is -0.630. The molecule has 1 N–H and O–H groups in total. The summed E-state index contributed by atoms with van der Waals surface area (Å²) in [7, 11) is 0. The van der Waals surface area contributed by atoms with Gasteiger partial charge in [0, 0.05) is 18.8 Å². The summed E-state index contributed by atoms with van der Waals surface area (Å²) in [6.45, 7) is 13.4. The largest absolute Gasteiger partial charge is 0.389 e. The van der Waals surface area contributed by atoms with Crippen LogP contribution in [0.3, 0.4) is 0 Å². The lowest BCUT2D eigenvalue weighted by Crippen LogP contribution is -2.59. The van der Waals surface area contributed by atoms with Crippen molar-refractivity contribution in [3.05, 3.63) is 12.7 Å². The molecular formula is C24H38O2. The molecule has 0 bridgehead atoms. The van der Waals surface area contributed by atoms with Crippen molar-refractivity contribution in [2.24, 2.45) is 46.3 Å². The zero-order chi connectivity index (χ0) is 18.9. The number of ketones is 1. The van der Waals surface area contributed by atoms with Gasteiger partial charge in [-0.05, 0) is 78.9 Å². The minimum absolute atomic E-state index is 0.0265. The first-order chi connectivity index (χ1) is 12.2. The smallest absolute Gasteiger partial charge is 0.133 e. The Kier molecular flexibility index (Phi) is 4.27. The van der Waals surface area contributed by atoms with Crippen LogP contribution in [0.2, 0.25) is 0 Å². The fourth-order valence-corrected chi connectivity index (χ4v) is 8.47. The van der Waals surface area contributed by atoms with Crippen LogP contribution in [0.4, 0.5) is 0 Å². The molecule has 0 radical (unpaired) electrons. The van der Waals surface area contributed by atoms with Gasteiger partial charge in [-0.3, -0.25) is 4.79 Å². The topological polar surface area (TPSA) is 37.3 Å². The van der Waals surface area contributed by atoms with E-state index in [1.165, 1.54) is 25.7 Å². The molecule has 4 aliphatic carbocycles. The number of aliphatic hydroxyl groups is 1. The molecule has 26 heavy (non-hydrogen) atoms. The van der Waals surface area contributed by atoms with Crippen LogP contribution in [-0.2, 0) is 4.79 Å². The van der Waals surface area contributed by atoms with Gasteiger partial charge in [-0.2, -0.15) is 0 Å². The van der Waals surface area contributed by atoms with Crippen LogP contribution in [-0.4, -0.2) is 16.5 Å². The maximum atomic E-state index is 12.2. The lowest BCUT2D eigenvalue weighted by Gasteiger charge is -2.63. The van der Waals surface area contributed by atoms with E-state index in [0.717, 1.165) is 37.5 Å². The van der Waals surface area contributed by atoms with E-state index >= 15 is 0 Å². The Morgan fingerprint density at radius 1 is 1.12 bits per heavy atom. The van der Waals surface area contributed by atoms with Gasteiger partial charge in [-0.1, -0.05) is 33.8 Å². The second-order valence-corrected chi connectivity index (χ2v) is 10.8. The highest BCUT2D eigenvalue weighted by Gasteiger charge is 2.66. The van der Waals surface area contributed by atoms with Crippen molar-refractivity contribution < 1.29 is 9.90 Å². The van der Waals surface area contributed by atoms with Gasteiger partial charge in [-0.25, -0.2) is 0 Å². The minimum Gasteiger partial charge on any atom is -0.389 e. The lowest BCUT2D eigenvalue weighted by molar-refractivity contribution is -0.174. The molecular weight excluding hydrogens is 320 g/mol. The standard InChI is InChI=1S/C24H38O2/c1-6-15(2)24(26)12-10-20-19-8-7-17-14-18(25)13-16(3)23(17,5)21(19)9-11-22(20,24)4/h6,15-17,19-21,26H,1,7-14H2,2-5H3/t15-,16-,17-,19-,20-,21-,22-,23-,24+/m0/s1. The Labute approximate surface area is 159 Å². The van der Waals surface area contributed by atoms with E-state index in [4.69, 9.17) is 0 Å². The lowest BCUT2D eigenvalue weighted by atomic mass is 9.42. The second kappa shape index (κ2) is 5.93. The third-order valence-corrected chi connectivity index (χ3v) is 10.4. The van der Waals surface area contributed by atoms with E-state index < -0.39 is 5.60 Å². The Morgan fingerprint density at radius 3 is 2.50 bits per heavy atom. The Bertz CT molecular complexity index is 611. The second-order valence-electron chi connectivity index (χ2n) is 10.8. The summed E-state index contributed by atoms with van der Waals surface area (Å²) >= 11 is 0. The molecule has 4 fully saturated rings. The van der Waals surface area contributed by atoms with Gasteiger partial charge in [0.15, 0.2) is 0 Å². The molecule has 0 spiro atoms. The molecule has 4 aliphatic rings. The normalized spacial score (nSPS) is 54.8. The van der Waals surface area contributed by atoms with E-state index in [9.17, 15) is 9.90 Å². The summed E-state index contributed by atoms with van der Waals surface area (Å²) in [5.41, 5.74) is -0.238. The SMILES string of the molecule is C=C[C@H](C)[C@]1(O)CC[C@H]2[C@@H]3CC[C@H]4CC(=O)C[C@H](C)[C@]4(C)[C@H]3CC[C@@]21C. The first kappa shape index (κ1) is 18.7. The van der Waals surface area contributed by atoms with Gasteiger partial charge in [0.2, 0.25) is 0 Å². The molecule has 0 saturated heterocycles. The maximum absolute atomic E-state index is 12.2. The Morgan fingerprint density at radius 2 is 1.81 bits per heavy atom. The summed E-state index contributed by atoms with van der Waals surface area (Å²) < 4.78 is 0.